The van der Waals surface area contributed by atoms with Crippen LogP contribution in [0.3, 0.4) is 0 Å². The lowest BCUT2D eigenvalue weighted by Gasteiger charge is -2.11. The third kappa shape index (κ3) is 3.75. The van der Waals surface area contributed by atoms with Gasteiger partial charge < -0.3 is 5.11 Å². The normalized spacial score (nSPS) is 14.4. The van der Waals surface area contributed by atoms with E-state index < -0.39 is 26.1 Å². The molecule has 0 heterocycles. The molecule has 1 unspecified atom stereocenters. The van der Waals surface area contributed by atoms with Crippen LogP contribution < -0.4 is 9.86 Å². The van der Waals surface area contributed by atoms with Gasteiger partial charge in [0, 0.05) is 6.04 Å². The zero-order chi connectivity index (χ0) is 14.0. The van der Waals surface area contributed by atoms with E-state index in [1.807, 2.05) is 0 Å². The van der Waals surface area contributed by atoms with Crippen LogP contribution in [0, 0.1) is 0 Å². The molecule has 0 fully saturated rings. The van der Waals surface area contributed by atoms with Crippen molar-refractivity contribution in [1.82, 2.24) is 4.72 Å². The fourth-order valence-corrected chi connectivity index (χ4v) is 3.10. The Labute approximate surface area is 106 Å². The Kier molecular flexibility index (Phi) is 4.46. The van der Waals surface area contributed by atoms with Crippen molar-refractivity contribution in [2.45, 2.75) is 22.8 Å². The average molecular weight is 294 g/mol. The van der Waals surface area contributed by atoms with Gasteiger partial charge in [0.2, 0.25) is 20.0 Å². The minimum atomic E-state index is -3.96. The summed E-state index contributed by atoms with van der Waals surface area (Å²) in [5.41, 5.74) is 0. The summed E-state index contributed by atoms with van der Waals surface area (Å²) in [4.78, 5) is -0.517. The lowest BCUT2D eigenvalue weighted by molar-refractivity contribution is 0.265. The summed E-state index contributed by atoms with van der Waals surface area (Å²) in [6.45, 7) is 1.11. The van der Waals surface area contributed by atoms with Gasteiger partial charge in [0.1, 0.15) is 0 Å². The van der Waals surface area contributed by atoms with Gasteiger partial charge in [-0.3, -0.25) is 0 Å². The van der Waals surface area contributed by atoms with Gasteiger partial charge in [-0.2, -0.15) is 0 Å². The standard InChI is InChI=1S/C9H14N2O5S2/c1-7(6-12)11-18(15,16)9-4-2-3-8(5-9)17(10,13)14/h2-5,7,11-12H,6H2,1H3,(H2,10,13,14). The predicted octanol–water partition coefficient (Wildman–Crippen LogP) is -1.01. The van der Waals surface area contributed by atoms with Crippen LogP contribution in [-0.2, 0) is 20.0 Å². The largest absolute Gasteiger partial charge is 0.395 e. The zero-order valence-corrected chi connectivity index (χ0v) is 11.2. The fraction of sp³-hybridized carbons (Fsp3) is 0.333. The molecule has 0 saturated heterocycles. The number of hydrogen-bond donors (Lipinski definition) is 3. The van der Waals surface area contributed by atoms with Gasteiger partial charge >= 0.3 is 0 Å². The molecule has 4 N–H and O–H groups in total. The molecule has 1 rings (SSSR count). The number of nitrogens with two attached hydrogens (primary N) is 1. The maximum absolute atomic E-state index is 11.8. The topological polar surface area (TPSA) is 127 Å². The maximum Gasteiger partial charge on any atom is 0.240 e. The number of hydrogen-bond acceptors (Lipinski definition) is 5. The Morgan fingerprint density at radius 1 is 1.28 bits per heavy atom. The van der Waals surface area contributed by atoms with E-state index in [9.17, 15) is 16.8 Å². The number of nitrogens with one attached hydrogen (secondary N) is 1. The molecule has 0 bridgehead atoms. The molecule has 0 radical (unpaired) electrons. The van der Waals surface area contributed by atoms with Crippen molar-refractivity contribution < 1.29 is 21.9 Å². The van der Waals surface area contributed by atoms with Gasteiger partial charge in [-0.05, 0) is 25.1 Å². The van der Waals surface area contributed by atoms with E-state index in [1.165, 1.54) is 25.1 Å². The zero-order valence-electron chi connectivity index (χ0n) is 9.57. The Morgan fingerprint density at radius 3 is 2.33 bits per heavy atom. The van der Waals surface area contributed by atoms with E-state index in [-0.39, 0.29) is 16.4 Å². The second-order valence-electron chi connectivity index (χ2n) is 3.72. The first kappa shape index (κ1) is 15.1. The van der Waals surface area contributed by atoms with Crippen molar-refractivity contribution >= 4 is 20.0 Å². The van der Waals surface area contributed by atoms with E-state index in [2.05, 4.69) is 4.72 Å². The van der Waals surface area contributed by atoms with Gasteiger partial charge in [-0.1, -0.05) is 6.07 Å². The first-order valence-corrected chi connectivity index (χ1v) is 7.96. The number of primary sulfonamides is 1. The van der Waals surface area contributed by atoms with Crippen LogP contribution in [0.5, 0.6) is 0 Å². The fourth-order valence-electron chi connectivity index (χ4n) is 1.19. The monoisotopic (exact) mass is 294 g/mol. The van der Waals surface area contributed by atoms with Gasteiger partial charge in [0.05, 0.1) is 16.4 Å². The van der Waals surface area contributed by atoms with Gasteiger partial charge in [-0.25, -0.2) is 26.7 Å². The van der Waals surface area contributed by atoms with Crippen molar-refractivity contribution in [3.8, 4) is 0 Å². The van der Waals surface area contributed by atoms with Gasteiger partial charge in [0.25, 0.3) is 0 Å². The van der Waals surface area contributed by atoms with Gasteiger partial charge in [-0.15, -0.1) is 0 Å². The van der Waals surface area contributed by atoms with Crippen molar-refractivity contribution in [2.75, 3.05) is 6.61 Å². The molecular weight excluding hydrogens is 280 g/mol. The number of benzene rings is 1. The van der Waals surface area contributed by atoms with Crippen LogP contribution >= 0.6 is 0 Å². The molecule has 1 aromatic rings. The maximum atomic E-state index is 11.8. The molecule has 1 aromatic carbocycles. The van der Waals surface area contributed by atoms with E-state index in [4.69, 9.17) is 10.2 Å². The Balaban J connectivity index is 3.19. The van der Waals surface area contributed by atoms with Crippen LogP contribution in [0.25, 0.3) is 0 Å². The molecule has 0 aliphatic rings. The van der Waals surface area contributed by atoms with Gasteiger partial charge in [0.15, 0.2) is 0 Å². The highest BCUT2D eigenvalue weighted by molar-refractivity contribution is 7.90. The second kappa shape index (κ2) is 5.33. The lowest BCUT2D eigenvalue weighted by atomic mass is 10.4. The van der Waals surface area contributed by atoms with Crippen molar-refractivity contribution in [3.63, 3.8) is 0 Å². The molecule has 18 heavy (non-hydrogen) atoms. The van der Waals surface area contributed by atoms with Crippen LogP contribution in [-0.4, -0.2) is 34.6 Å². The third-order valence-corrected chi connectivity index (χ3v) is 4.57. The molecule has 0 saturated carbocycles. The number of rotatable bonds is 5. The molecule has 0 aromatic heterocycles. The summed E-state index contributed by atoms with van der Waals surface area (Å²) < 4.78 is 48.1. The summed E-state index contributed by atoms with van der Waals surface area (Å²) in [6.07, 6.45) is 0. The van der Waals surface area contributed by atoms with E-state index in [0.29, 0.717) is 0 Å². The third-order valence-electron chi connectivity index (χ3n) is 2.07. The quantitative estimate of drug-likeness (QED) is 0.641. The average Bonchev–Trinajstić information content (AvgIpc) is 2.27. The molecule has 0 amide bonds. The highest BCUT2D eigenvalue weighted by atomic mass is 32.2. The minimum Gasteiger partial charge on any atom is -0.395 e. The Bertz CT molecular complexity index is 624. The summed E-state index contributed by atoms with van der Waals surface area (Å²) >= 11 is 0. The lowest BCUT2D eigenvalue weighted by Crippen LogP contribution is -2.35. The molecule has 0 aliphatic heterocycles. The van der Waals surface area contributed by atoms with E-state index >= 15 is 0 Å². The SMILES string of the molecule is CC(CO)NS(=O)(=O)c1cccc(S(N)(=O)=O)c1. The first-order valence-electron chi connectivity index (χ1n) is 4.93. The highest BCUT2D eigenvalue weighted by Crippen LogP contribution is 2.14. The van der Waals surface area contributed by atoms with Crippen LogP contribution in [0.15, 0.2) is 34.1 Å². The predicted molar refractivity (Wildman–Crippen MR) is 64.7 cm³/mol. The smallest absolute Gasteiger partial charge is 0.240 e. The second-order valence-corrected chi connectivity index (χ2v) is 7.00. The summed E-state index contributed by atoms with van der Waals surface area (Å²) in [6, 6.07) is 4.00. The number of sulfonamides is 2. The summed E-state index contributed by atoms with van der Waals surface area (Å²) in [5.74, 6) is 0. The number of aliphatic hydroxyl groups is 1. The molecule has 1 atom stereocenters. The highest BCUT2D eigenvalue weighted by Gasteiger charge is 2.19. The van der Waals surface area contributed by atoms with E-state index in [0.717, 1.165) is 6.07 Å². The Hall–Kier alpha value is -1.00. The molecule has 9 heteroatoms. The van der Waals surface area contributed by atoms with Crippen LogP contribution in [0.1, 0.15) is 6.92 Å². The van der Waals surface area contributed by atoms with Crippen molar-refractivity contribution in [2.24, 2.45) is 5.14 Å². The summed E-state index contributed by atoms with van der Waals surface area (Å²) in [7, 11) is -7.85. The van der Waals surface area contributed by atoms with E-state index in [1.54, 1.807) is 0 Å². The molecule has 102 valence electrons. The molecular formula is C9H14N2O5S2. The van der Waals surface area contributed by atoms with Crippen molar-refractivity contribution in [1.29, 1.82) is 0 Å². The first-order chi connectivity index (χ1) is 8.16. The molecule has 0 aliphatic carbocycles. The minimum absolute atomic E-state index is 0.227. The van der Waals surface area contributed by atoms with Crippen LogP contribution in [0.2, 0.25) is 0 Å². The van der Waals surface area contributed by atoms with Crippen LogP contribution in [0.4, 0.5) is 0 Å². The summed E-state index contributed by atoms with van der Waals surface area (Å²) in [5, 5.41) is 13.7. The van der Waals surface area contributed by atoms with Crippen molar-refractivity contribution in [3.05, 3.63) is 24.3 Å². The Morgan fingerprint density at radius 2 is 1.83 bits per heavy atom. The molecule has 0 spiro atoms. The molecule has 7 nitrogen and oxygen atoms in total. The number of aliphatic hydroxyl groups excluding tert-OH is 1.